The Kier molecular flexibility index (Phi) is 4.14. The highest BCUT2D eigenvalue weighted by atomic mass is 16.5. The third-order valence-corrected chi connectivity index (χ3v) is 3.10. The number of carbonyl (C=O) groups is 1. The smallest absolute Gasteiger partial charge is 0.243 e. The summed E-state index contributed by atoms with van der Waals surface area (Å²) in [5, 5.41) is 2.27. The van der Waals surface area contributed by atoms with E-state index in [9.17, 15) is 4.79 Å². The lowest BCUT2D eigenvalue weighted by molar-refractivity contribution is -0.122. The second-order valence-corrected chi connectivity index (χ2v) is 4.61. The standard InChI is InChI=1S/C15H18N2O2/c1-10-6-7-11-4-2-3-5-12(11)15(10)13(16)8-19-9-14(17)18/h2-7,13H,8-9,16H2,1H3,(H2,17,18). The largest absolute Gasteiger partial charge is 0.370 e. The van der Waals surface area contributed by atoms with E-state index >= 15 is 0 Å². The lowest BCUT2D eigenvalue weighted by atomic mass is 9.95. The Morgan fingerprint density at radius 1 is 1.26 bits per heavy atom. The van der Waals surface area contributed by atoms with Gasteiger partial charge in [-0.2, -0.15) is 0 Å². The van der Waals surface area contributed by atoms with Gasteiger partial charge in [-0.1, -0.05) is 36.4 Å². The molecule has 1 unspecified atom stereocenters. The molecule has 0 spiro atoms. The summed E-state index contributed by atoms with van der Waals surface area (Å²) in [7, 11) is 0. The average molecular weight is 258 g/mol. The number of ether oxygens (including phenoxy) is 1. The Balaban J connectivity index is 2.27. The molecule has 2 aromatic carbocycles. The Morgan fingerprint density at radius 2 is 2.00 bits per heavy atom. The van der Waals surface area contributed by atoms with Gasteiger partial charge in [-0.15, -0.1) is 0 Å². The molecule has 4 nitrogen and oxygen atoms in total. The molecule has 1 atom stereocenters. The zero-order valence-electron chi connectivity index (χ0n) is 10.9. The van der Waals surface area contributed by atoms with Crippen molar-refractivity contribution in [2.45, 2.75) is 13.0 Å². The van der Waals surface area contributed by atoms with Crippen molar-refractivity contribution in [1.82, 2.24) is 0 Å². The molecule has 0 fully saturated rings. The van der Waals surface area contributed by atoms with Crippen molar-refractivity contribution >= 4 is 16.7 Å². The fraction of sp³-hybridized carbons (Fsp3) is 0.267. The molecule has 0 aromatic heterocycles. The highest BCUT2D eigenvalue weighted by Crippen LogP contribution is 2.26. The molecule has 0 saturated heterocycles. The highest BCUT2D eigenvalue weighted by Gasteiger charge is 2.13. The van der Waals surface area contributed by atoms with Gasteiger partial charge in [0.25, 0.3) is 0 Å². The number of hydrogen-bond acceptors (Lipinski definition) is 3. The van der Waals surface area contributed by atoms with Crippen LogP contribution in [-0.2, 0) is 9.53 Å². The van der Waals surface area contributed by atoms with Crippen LogP contribution in [0.25, 0.3) is 10.8 Å². The highest BCUT2D eigenvalue weighted by molar-refractivity contribution is 5.87. The minimum atomic E-state index is -0.484. The number of primary amides is 1. The molecule has 4 heteroatoms. The third-order valence-electron chi connectivity index (χ3n) is 3.10. The van der Waals surface area contributed by atoms with Crippen molar-refractivity contribution in [3.63, 3.8) is 0 Å². The van der Waals surface area contributed by atoms with Crippen molar-refractivity contribution in [1.29, 1.82) is 0 Å². The average Bonchev–Trinajstić information content (AvgIpc) is 2.38. The van der Waals surface area contributed by atoms with Crippen LogP contribution in [0.15, 0.2) is 36.4 Å². The van der Waals surface area contributed by atoms with E-state index in [0.717, 1.165) is 21.9 Å². The summed E-state index contributed by atoms with van der Waals surface area (Å²) in [4.78, 5) is 10.7. The zero-order chi connectivity index (χ0) is 13.8. The lowest BCUT2D eigenvalue weighted by Crippen LogP contribution is -2.24. The minimum Gasteiger partial charge on any atom is -0.370 e. The molecule has 0 bridgehead atoms. The van der Waals surface area contributed by atoms with Crippen LogP contribution in [0.1, 0.15) is 17.2 Å². The number of aryl methyl sites for hydroxylation is 1. The Labute approximate surface area is 112 Å². The quantitative estimate of drug-likeness (QED) is 0.856. The van der Waals surface area contributed by atoms with Gasteiger partial charge in [0.1, 0.15) is 6.61 Å². The Hall–Kier alpha value is -1.91. The SMILES string of the molecule is Cc1ccc2ccccc2c1C(N)COCC(N)=O. The van der Waals surface area contributed by atoms with Crippen LogP contribution in [-0.4, -0.2) is 19.1 Å². The molecule has 0 radical (unpaired) electrons. The second-order valence-electron chi connectivity index (χ2n) is 4.61. The van der Waals surface area contributed by atoms with Crippen molar-refractivity contribution in [3.8, 4) is 0 Å². The molecule has 2 rings (SSSR count). The first-order valence-corrected chi connectivity index (χ1v) is 6.19. The second kappa shape index (κ2) is 5.82. The summed E-state index contributed by atoms with van der Waals surface area (Å²) in [6, 6.07) is 11.9. The van der Waals surface area contributed by atoms with Gasteiger partial charge in [-0.25, -0.2) is 0 Å². The first-order chi connectivity index (χ1) is 9.09. The fourth-order valence-corrected chi connectivity index (χ4v) is 2.27. The predicted molar refractivity (Wildman–Crippen MR) is 75.6 cm³/mol. The molecule has 0 saturated carbocycles. The van der Waals surface area contributed by atoms with Crippen LogP contribution in [0, 0.1) is 6.92 Å². The molecule has 4 N–H and O–H groups in total. The maximum Gasteiger partial charge on any atom is 0.243 e. The molecule has 1 amide bonds. The summed E-state index contributed by atoms with van der Waals surface area (Å²) in [6.07, 6.45) is 0. The van der Waals surface area contributed by atoms with Gasteiger partial charge in [-0.3, -0.25) is 4.79 Å². The summed E-state index contributed by atoms with van der Waals surface area (Å²) in [6.45, 7) is 2.20. The van der Waals surface area contributed by atoms with Gasteiger partial charge in [0.05, 0.1) is 12.6 Å². The van der Waals surface area contributed by atoms with Gasteiger partial charge in [0.2, 0.25) is 5.91 Å². The molecule has 0 heterocycles. The van der Waals surface area contributed by atoms with Gasteiger partial charge in [0.15, 0.2) is 0 Å². The lowest BCUT2D eigenvalue weighted by Gasteiger charge is -2.17. The van der Waals surface area contributed by atoms with Gasteiger partial charge < -0.3 is 16.2 Å². The maximum absolute atomic E-state index is 10.7. The summed E-state index contributed by atoms with van der Waals surface area (Å²) in [5.74, 6) is -0.484. The fourth-order valence-electron chi connectivity index (χ4n) is 2.27. The normalized spacial score (nSPS) is 12.5. The predicted octanol–water partition coefficient (Wildman–Crippen LogP) is 1.65. The first kappa shape index (κ1) is 13.5. The van der Waals surface area contributed by atoms with Crippen LogP contribution in [0.5, 0.6) is 0 Å². The minimum absolute atomic E-state index is 0.0997. The molecule has 2 aromatic rings. The van der Waals surface area contributed by atoms with E-state index in [1.54, 1.807) is 0 Å². The van der Waals surface area contributed by atoms with E-state index in [2.05, 4.69) is 12.1 Å². The van der Waals surface area contributed by atoms with Crippen molar-refractivity contribution in [2.24, 2.45) is 11.5 Å². The number of fused-ring (bicyclic) bond motifs is 1. The molecule has 19 heavy (non-hydrogen) atoms. The number of hydrogen-bond donors (Lipinski definition) is 2. The molecule has 0 aliphatic heterocycles. The number of rotatable bonds is 5. The third kappa shape index (κ3) is 3.10. The van der Waals surface area contributed by atoms with E-state index in [-0.39, 0.29) is 19.3 Å². The summed E-state index contributed by atoms with van der Waals surface area (Å²) in [5.41, 5.74) is 13.4. The van der Waals surface area contributed by atoms with Crippen molar-refractivity contribution < 1.29 is 9.53 Å². The zero-order valence-corrected chi connectivity index (χ0v) is 10.9. The van der Waals surface area contributed by atoms with E-state index in [1.807, 2.05) is 31.2 Å². The van der Waals surface area contributed by atoms with E-state index in [0.29, 0.717) is 0 Å². The van der Waals surface area contributed by atoms with E-state index < -0.39 is 5.91 Å². The van der Waals surface area contributed by atoms with Crippen LogP contribution >= 0.6 is 0 Å². The van der Waals surface area contributed by atoms with Gasteiger partial charge in [-0.05, 0) is 28.8 Å². The number of amides is 1. The van der Waals surface area contributed by atoms with Crippen LogP contribution in [0.2, 0.25) is 0 Å². The Morgan fingerprint density at radius 3 is 2.74 bits per heavy atom. The summed E-state index contributed by atoms with van der Waals surface area (Å²) < 4.78 is 5.22. The van der Waals surface area contributed by atoms with Crippen LogP contribution in [0.4, 0.5) is 0 Å². The molecule has 100 valence electrons. The first-order valence-electron chi connectivity index (χ1n) is 6.19. The monoisotopic (exact) mass is 258 g/mol. The van der Waals surface area contributed by atoms with Crippen LogP contribution < -0.4 is 11.5 Å². The van der Waals surface area contributed by atoms with E-state index in [4.69, 9.17) is 16.2 Å². The number of carbonyl (C=O) groups excluding carboxylic acids is 1. The van der Waals surface area contributed by atoms with Crippen molar-refractivity contribution in [2.75, 3.05) is 13.2 Å². The number of nitrogens with two attached hydrogens (primary N) is 2. The molecule has 0 aliphatic rings. The van der Waals surface area contributed by atoms with Crippen molar-refractivity contribution in [3.05, 3.63) is 47.5 Å². The maximum atomic E-state index is 10.7. The Bertz CT molecular complexity index is 596. The topological polar surface area (TPSA) is 78.3 Å². The molecule has 0 aliphatic carbocycles. The summed E-state index contributed by atoms with van der Waals surface area (Å²) >= 11 is 0. The van der Waals surface area contributed by atoms with Gasteiger partial charge >= 0.3 is 0 Å². The molecular weight excluding hydrogens is 240 g/mol. The van der Waals surface area contributed by atoms with E-state index in [1.165, 1.54) is 0 Å². The molecular formula is C15H18N2O2. The van der Waals surface area contributed by atoms with Gasteiger partial charge in [0, 0.05) is 0 Å². The van der Waals surface area contributed by atoms with Crippen LogP contribution in [0.3, 0.4) is 0 Å². The number of benzene rings is 2.